The second kappa shape index (κ2) is 12.4. The van der Waals surface area contributed by atoms with Crippen LogP contribution in [0.5, 0.6) is 5.75 Å². The van der Waals surface area contributed by atoms with Crippen molar-refractivity contribution in [2.45, 2.75) is 39.5 Å². The van der Waals surface area contributed by atoms with Gasteiger partial charge in [0.05, 0.1) is 22.6 Å². The first-order chi connectivity index (χ1) is 18.4. The van der Waals surface area contributed by atoms with Crippen LogP contribution in [-0.2, 0) is 4.79 Å². The predicted octanol–water partition coefficient (Wildman–Crippen LogP) is 6.87. The Morgan fingerprint density at radius 2 is 1.97 bits per heavy atom. The van der Waals surface area contributed by atoms with Crippen LogP contribution >= 0.6 is 24.0 Å². The van der Waals surface area contributed by atoms with E-state index < -0.39 is 4.92 Å². The molecule has 8 nitrogen and oxygen atoms in total. The zero-order valence-electron chi connectivity index (χ0n) is 21.6. The standard InChI is InChI=1S/C28H30N4O4S2/c1-4-6-10-19(5-2)17-30-27(33)25(38-28(30)37)16-21-18-31(22-11-8-7-9-12-22)29-26(21)20-13-14-24(36-3)23(15-20)32(34)35/h7-9,11-16,18-19H,4-6,10,17H2,1-3H3/b25-16-/t19-/m0/s1. The molecule has 1 saturated heterocycles. The van der Waals surface area contributed by atoms with Crippen LogP contribution in [0, 0.1) is 16.0 Å². The average Bonchev–Trinajstić information content (AvgIpc) is 3.47. The van der Waals surface area contributed by atoms with E-state index in [1.54, 1.807) is 27.8 Å². The molecule has 0 unspecified atom stereocenters. The zero-order chi connectivity index (χ0) is 27.2. The van der Waals surface area contributed by atoms with Crippen molar-refractivity contribution in [2.75, 3.05) is 13.7 Å². The summed E-state index contributed by atoms with van der Waals surface area (Å²) in [5.74, 6) is 0.444. The minimum atomic E-state index is -0.482. The Labute approximate surface area is 231 Å². The van der Waals surface area contributed by atoms with Gasteiger partial charge < -0.3 is 4.74 Å². The second-order valence-electron chi connectivity index (χ2n) is 9.07. The van der Waals surface area contributed by atoms with Crippen LogP contribution in [0.25, 0.3) is 23.0 Å². The third-order valence-corrected chi connectivity index (χ3v) is 7.93. The van der Waals surface area contributed by atoms with Crippen molar-refractivity contribution >= 4 is 46.0 Å². The molecule has 0 N–H and O–H groups in total. The molecule has 1 atom stereocenters. The van der Waals surface area contributed by atoms with Crippen LogP contribution in [-0.4, -0.2) is 43.5 Å². The number of hydrogen-bond acceptors (Lipinski definition) is 7. The number of nitro benzene ring substituents is 1. The fraction of sp³-hybridized carbons (Fsp3) is 0.321. The Morgan fingerprint density at radius 3 is 2.63 bits per heavy atom. The van der Waals surface area contributed by atoms with Gasteiger partial charge in [0, 0.05) is 29.9 Å². The lowest BCUT2D eigenvalue weighted by molar-refractivity contribution is -0.385. The fourth-order valence-corrected chi connectivity index (χ4v) is 5.65. The summed E-state index contributed by atoms with van der Waals surface area (Å²) in [6.07, 6.45) is 7.90. The molecule has 1 fully saturated rings. The number of nitrogens with zero attached hydrogens (tertiary/aromatic N) is 4. The summed E-state index contributed by atoms with van der Waals surface area (Å²) in [4.78, 5) is 26.8. The highest BCUT2D eigenvalue weighted by Gasteiger charge is 2.33. The van der Waals surface area contributed by atoms with Crippen LogP contribution < -0.4 is 4.74 Å². The maximum Gasteiger partial charge on any atom is 0.311 e. The van der Waals surface area contributed by atoms with Gasteiger partial charge >= 0.3 is 5.69 Å². The van der Waals surface area contributed by atoms with Crippen LogP contribution in [0.15, 0.2) is 59.6 Å². The molecule has 2 heterocycles. The molecule has 3 aromatic rings. The van der Waals surface area contributed by atoms with Gasteiger partial charge in [-0.2, -0.15) is 5.10 Å². The van der Waals surface area contributed by atoms with E-state index in [0.29, 0.717) is 38.5 Å². The first kappa shape index (κ1) is 27.5. The third kappa shape index (κ3) is 5.97. The van der Waals surface area contributed by atoms with Crippen LogP contribution in [0.3, 0.4) is 0 Å². The number of rotatable bonds is 11. The Hall–Kier alpha value is -3.50. The van der Waals surface area contributed by atoms with Gasteiger partial charge in [-0.05, 0) is 42.7 Å². The molecule has 0 aliphatic carbocycles. The smallest absolute Gasteiger partial charge is 0.311 e. The number of thiocarbonyl (C=S) groups is 1. The van der Waals surface area contributed by atoms with Gasteiger partial charge in [0.1, 0.15) is 10.0 Å². The highest BCUT2D eigenvalue weighted by molar-refractivity contribution is 8.26. The average molecular weight is 551 g/mol. The number of thioether (sulfide) groups is 1. The first-order valence-corrected chi connectivity index (χ1v) is 13.8. The van der Waals surface area contributed by atoms with Gasteiger partial charge in [-0.15, -0.1) is 0 Å². The molecule has 1 amide bonds. The molecule has 2 aromatic carbocycles. The van der Waals surface area contributed by atoms with Gasteiger partial charge in [0.25, 0.3) is 5.91 Å². The predicted molar refractivity (Wildman–Crippen MR) is 155 cm³/mol. The molecule has 38 heavy (non-hydrogen) atoms. The van der Waals surface area contributed by atoms with Gasteiger partial charge in [0.15, 0.2) is 5.75 Å². The summed E-state index contributed by atoms with van der Waals surface area (Å²) in [5, 5.41) is 16.4. The van der Waals surface area contributed by atoms with E-state index in [9.17, 15) is 14.9 Å². The number of nitro groups is 1. The molecular formula is C28H30N4O4S2. The maximum atomic E-state index is 13.4. The minimum absolute atomic E-state index is 0.117. The van der Waals surface area contributed by atoms with Crippen molar-refractivity contribution in [1.82, 2.24) is 14.7 Å². The highest BCUT2D eigenvalue weighted by Crippen LogP contribution is 2.37. The second-order valence-corrected chi connectivity index (χ2v) is 10.7. The first-order valence-electron chi connectivity index (χ1n) is 12.6. The van der Waals surface area contributed by atoms with Crippen molar-refractivity contribution in [2.24, 2.45) is 5.92 Å². The lowest BCUT2D eigenvalue weighted by Crippen LogP contribution is -2.33. The molecule has 0 saturated carbocycles. The van der Waals surface area contributed by atoms with E-state index in [-0.39, 0.29) is 17.3 Å². The lowest BCUT2D eigenvalue weighted by atomic mass is 9.99. The summed E-state index contributed by atoms with van der Waals surface area (Å²) in [6.45, 7) is 4.92. The summed E-state index contributed by atoms with van der Waals surface area (Å²) in [6, 6.07) is 14.3. The summed E-state index contributed by atoms with van der Waals surface area (Å²) < 4.78 is 7.42. The van der Waals surface area contributed by atoms with E-state index in [1.807, 2.05) is 36.5 Å². The largest absolute Gasteiger partial charge is 0.490 e. The van der Waals surface area contributed by atoms with E-state index in [2.05, 4.69) is 13.8 Å². The maximum absolute atomic E-state index is 13.4. The quantitative estimate of drug-likeness (QED) is 0.111. The molecular weight excluding hydrogens is 520 g/mol. The van der Waals surface area contributed by atoms with Crippen molar-refractivity contribution in [3.8, 4) is 22.7 Å². The molecule has 0 spiro atoms. The summed E-state index contributed by atoms with van der Waals surface area (Å²) in [7, 11) is 1.39. The molecule has 0 radical (unpaired) electrons. The number of amides is 1. The topological polar surface area (TPSA) is 90.5 Å². The van der Waals surface area contributed by atoms with E-state index >= 15 is 0 Å². The van der Waals surface area contributed by atoms with E-state index in [4.69, 9.17) is 22.1 Å². The number of carbonyl (C=O) groups excluding carboxylic acids is 1. The Bertz CT molecular complexity index is 1370. The van der Waals surface area contributed by atoms with Gasteiger partial charge in [0.2, 0.25) is 0 Å². The SMILES string of the molecule is CCCC[C@H](CC)CN1C(=O)/C(=C/c2cn(-c3ccccc3)nc2-c2ccc(OC)c([N+](=O)[O-])c2)SC1=S. The lowest BCUT2D eigenvalue weighted by Gasteiger charge is -2.21. The number of methoxy groups -OCH3 is 1. The fourth-order valence-electron chi connectivity index (χ4n) is 4.38. The normalized spacial score (nSPS) is 15.3. The van der Waals surface area contributed by atoms with Gasteiger partial charge in [-0.25, -0.2) is 4.68 Å². The Morgan fingerprint density at radius 1 is 1.21 bits per heavy atom. The van der Waals surface area contributed by atoms with Crippen molar-refractivity contribution in [1.29, 1.82) is 0 Å². The molecule has 1 aliphatic heterocycles. The van der Waals surface area contributed by atoms with Crippen LogP contribution in [0.4, 0.5) is 5.69 Å². The number of unbranched alkanes of at least 4 members (excludes halogenated alkanes) is 1. The van der Waals surface area contributed by atoms with Crippen molar-refractivity contribution in [3.05, 3.63) is 75.3 Å². The Balaban J connectivity index is 1.74. The number of hydrogen-bond donors (Lipinski definition) is 0. The molecule has 198 valence electrons. The molecule has 10 heteroatoms. The number of aromatic nitrogens is 2. The van der Waals surface area contributed by atoms with E-state index in [0.717, 1.165) is 31.4 Å². The van der Waals surface area contributed by atoms with Crippen molar-refractivity contribution in [3.63, 3.8) is 0 Å². The molecule has 4 rings (SSSR count). The molecule has 1 aliphatic rings. The monoisotopic (exact) mass is 550 g/mol. The van der Waals surface area contributed by atoms with Crippen molar-refractivity contribution < 1.29 is 14.5 Å². The van der Waals surface area contributed by atoms with Crippen LogP contribution in [0.1, 0.15) is 45.1 Å². The minimum Gasteiger partial charge on any atom is -0.490 e. The highest BCUT2D eigenvalue weighted by atomic mass is 32.2. The van der Waals surface area contributed by atoms with E-state index in [1.165, 1.54) is 24.9 Å². The molecule has 1 aromatic heterocycles. The zero-order valence-corrected chi connectivity index (χ0v) is 23.3. The third-order valence-electron chi connectivity index (χ3n) is 6.56. The summed E-state index contributed by atoms with van der Waals surface area (Å²) >= 11 is 6.87. The summed E-state index contributed by atoms with van der Waals surface area (Å²) in [5.41, 5.74) is 2.38. The molecule has 0 bridgehead atoms. The van der Waals surface area contributed by atoms with Gasteiger partial charge in [-0.1, -0.05) is 75.3 Å². The number of para-hydroxylation sites is 1. The number of ether oxygens (including phenoxy) is 1. The van der Waals surface area contributed by atoms with Gasteiger partial charge in [-0.3, -0.25) is 19.8 Å². The van der Waals surface area contributed by atoms with Crippen LogP contribution in [0.2, 0.25) is 0 Å². The number of carbonyl (C=O) groups is 1. The number of benzene rings is 2. The Kier molecular flexibility index (Phi) is 8.96.